The molecule has 0 aliphatic carbocycles. The summed E-state index contributed by atoms with van der Waals surface area (Å²) >= 11 is 0. The lowest BCUT2D eigenvalue weighted by molar-refractivity contribution is 0.318. The van der Waals surface area contributed by atoms with Crippen molar-refractivity contribution in [3.63, 3.8) is 0 Å². The average Bonchev–Trinajstić information content (AvgIpc) is 3.47. The van der Waals surface area contributed by atoms with E-state index in [0.717, 1.165) is 19.6 Å². The number of allylic oxidation sites excluding steroid dienone is 3. The van der Waals surface area contributed by atoms with Gasteiger partial charge in [0.1, 0.15) is 0 Å². The van der Waals surface area contributed by atoms with Gasteiger partial charge in [0, 0.05) is 30.4 Å². The molecule has 2 aliphatic heterocycles. The molecule has 0 radical (unpaired) electrons. The third-order valence-electron chi connectivity index (χ3n) is 6.02. The molecule has 152 valence electrons. The third kappa shape index (κ3) is 4.24. The van der Waals surface area contributed by atoms with E-state index in [1.165, 1.54) is 53.7 Å². The zero-order valence-electron chi connectivity index (χ0n) is 17.3. The number of anilines is 1. The number of benzene rings is 2. The fourth-order valence-corrected chi connectivity index (χ4v) is 4.25. The smallest absolute Gasteiger partial charge is 0.0684 e. The fraction of sp³-hybridized carbons (Fsp3) is 0.269. The Bertz CT molecular complexity index is 1080. The SMILES string of the molecule is C1=CN(c2ccc3c(cnn3CCN3CCCC3)c2)CC=C1/C=C/c1ccccc1. The predicted molar refractivity (Wildman–Crippen MR) is 125 cm³/mol. The van der Waals surface area contributed by atoms with Gasteiger partial charge in [0.2, 0.25) is 0 Å². The summed E-state index contributed by atoms with van der Waals surface area (Å²) in [5.41, 5.74) is 4.90. The Morgan fingerprint density at radius 3 is 2.60 bits per heavy atom. The van der Waals surface area contributed by atoms with Crippen molar-refractivity contribution in [3.8, 4) is 0 Å². The zero-order valence-corrected chi connectivity index (χ0v) is 17.3. The molecule has 4 heteroatoms. The lowest BCUT2D eigenvalue weighted by Gasteiger charge is -2.22. The largest absolute Gasteiger partial charge is 0.344 e. The molecule has 30 heavy (non-hydrogen) atoms. The maximum atomic E-state index is 4.64. The van der Waals surface area contributed by atoms with Gasteiger partial charge in [-0.15, -0.1) is 0 Å². The number of fused-ring (bicyclic) bond motifs is 1. The van der Waals surface area contributed by atoms with Crippen LogP contribution in [0.4, 0.5) is 5.69 Å². The molecule has 5 rings (SSSR count). The molecule has 2 aliphatic rings. The lowest BCUT2D eigenvalue weighted by atomic mass is 10.1. The molecule has 3 aromatic rings. The van der Waals surface area contributed by atoms with E-state index < -0.39 is 0 Å². The molecule has 0 bridgehead atoms. The Kier molecular flexibility index (Phi) is 5.49. The Labute approximate surface area is 178 Å². The summed E-state index contributed by atoms with van der Waals surface area (Å²) in [5.74, 6) is 0. The number of hydrogen-bond acceptors (Lipinski definition) is 3. The number of rotatable bonds is 6. The van der Waals surface area contributed by atoms with E-state index in [4.69, 9.17) is 0 Å². The van der Waals surface area contributed by atoms with Crippen molar-refractivity contribution in [2.45, 2.75) is 19.4 Å². The molecule has 2 aromatic carbocycles. The highest BCUT2D eigenvalue weighted by molar-refractivity contribution is 5.83. The Morgan fingerprint density at radius 2 is 1.80 bits per heavy atom. The molecule has 3 heterocycles. The number of likely N-dealkylation sites (tertiary alicyclic amines) is 1. The predicted octanol–water partition coefficient (Wildman–Crippen LogP) is 5.11. The molecule has 4 nitrogen and oxygen atoms in total. The van der Waals surface area contributed by atoms with Crippen LogP contribution in [-0.2, 0) is 6.54 Å². The number of aromatic nitrogens is 2. The van der Waals surface area contributed by atoms with Crippen LogP contribution in [0, 0.1) is 0 Å². The number of hydrogen-bond donors (Lipinski definition) is 0. The van der Waals surface area contributed by atoms with Crippen LogP contribution in [0.25, 0.3) is 17.0 Å². The molecule has 0 spiro atoms. The normalized spacial score (nSPS) is 17.3. The first-order chi connectivity index (χ1) is 14.8. The summed E-state index contributed by atoms with van der Waals surface area (Å²) in [5, 5.41) is 5.85. The second-order valence-corrected chi connectivity index (χ2v) is 8.08. The summed E-state index contributed by atoms with van der Waals surface area (Å²) in [6, 6.07) is 17.1. The van der Waals surface area contributed by atoms with Crippen LogP contribution >= 0.6 is 0 Å². The maximum Gasteiger partial charge on any atom is 0.0684 e. The molecule has 0 atom stereocenters. The average molecular weight is 397 g/mol. The highest BCUT2D eigenvalue weighted by atomic mass is 15.3. The van der Waals surface area contributed by atoms with E-state index in [1.807, 2.05) is 12.3 Å². The summed E-state index contributed by atoms with van der Waals surface area (Å²) in [6.07, 6.45) is 15.6. The second-order valence-electron chi connectivity index (χ2n) is 8.08. The maximum absolute atomic E-state index is 4.64. The van der Waals surface area contributed by atoms with Crippen LogP contribution in [0.2, 0.25) is 0 Å². The molecular weight excluding hydrogens is 368 g/mol. The lowest BCUT2D eigenvalue weighted by Crippen LogP contribution is -2.24. The molecule has 1 aromatic heterocycles. The zero-order chi connectivity index (χ0) is 20.2. The van der Waals surface area contributed by atoms with E-state index in [9.17, 15) is 0 Å². The van der Waals surface area contributed by atoms with Gasteiger partial charge in [0.15, 0.2) is 0 Å². The van der Waals surface area contributed by atoms with Gasteiger partial charge in [-0.1, -0.05) is 48.6 Å². The standard InChI is InChI=1S/C26H28N4/c1-2-6-22(7-3-1)8-9-23-12-16-29(17-13-23)25-10-11-26-24(20-25)21-27-30(26)19-18-28-14-4-5-15-28/h1-3,6-13,16,20-21H,4-5,14-15,17-19H2/b9-8+. The van der Waals surface area contributed by atoms with Gasteiger partial charge in [-0.05, 0) is 61.3 Å². The minimum absolute atomic E-state index is 0.875. The topological polar surface area (TPSA) is 24.3 Å². The van der Waals surface area contributed by atoms with Crippen molar-refractivity contribution in [3.05, 3.63) is 90.3 Å². The van der Waals surface area contributed by atoms with Crippen LogP contribution in [-0.4, -0.2) is 40.9 Å². The minimum atomic E-state index is 0.875. The fourth-order valence-electron chi connectivity index (χ4n) is 4.25. The van der Waals surface area contributed by atoms with Crippen molar-refractivity contribution < 1.29 is 0 Å². The third-order valence-corrected chi connectivity index (χ3v) is 6.02. The second kappa shape index (κ2) is 8.72. The summed E-state index contributed by atoms with van der Waals surface area (Å²) in [4.78, 5) is 4.82. The number of nitrogens with zero attached hydrogens (tertiary/aromatic N) is 4. The van der Waals surface area contributed by atoms with Crippen LogP contribution < -0.4 is 4.90 Å². The molecule has 0 saturated carbocycles. The van der Waals surface area contributed by atoms with Crippen LogP contribution in [0.1, 0.15) is 18.4 Å². The first kappa shape index (κ1) is 18.9. The Hall–Kier alpha value is -3.11. The van der Waals surface area contributed by atoms with Crippen molar-refractivity contribution in [1.29, 1.82) is 0 Å². The highest BCUT2D eigenvalue weighted by Crippen LogP contribution is 2.24. The molecule has 0 amide bonds. The van der Waals surface area contributed by atoms with Gasteiger partial charge in [0.05, 0.1) is 18.3 Å². The summed E-state index contributed by atoms with van der Waals surface area (Å²) < 4.78 is 2.15. The summed E-state index contributed by atoms with van der Waals surface area (Å²) in [6.45, 7) is 5.41. The van der Waals surface area contributed by atoms with Gasteiger partial charge >= 0.3 is 0 Å². The molecule has 1 fully saturated rings. The van der Waals surface area contributed by atoms with E-state index in [0.29, 0.717) is 0 Å². The Morgan fingerprint density at radius 1 is 0.933 bits per heavy atom. The van der Waals surface area contributed by atoms with E-state index in [1.54, 1.807) is 0 Å². The van der Waals surface area contributed by atoms with Crippen molar-refractivity contribution in [2.75, 3.05) is 31.1 Å². The van der Waals surface area contributed by atoms with Crippen LogP contribution in [0.15, 0.2) is 84.7 Å². The van der Waals surface area contributed by atoms with Crippen LogP contribution in [0.5, 0.6) is 0 Å². The highest BCUT2D eigenvalue weighted by Gasteiger charge is 2.13. The molecule has 0 unspecified atom stereocenters. The van der Waals surface area contributed by atoms with E-state index in [2.05, 4.69) is 92.5 Å². The van der Waals surface area contributed by atoms with Crippen molar-refractivity contribution >= 4 is 22.7 Å². The molecule has 1 saturated heterocycles. The quantitative estimate of drug-likeness (QED) is 0.579. The first-order valence-corrected chi connectivity index (χ1v) is 10.9. The van der Waals surface area contributed by atoms with Gasteiger partial charge in [-0.2, -0.15) is 5.10 Å². The minimum Gasteiger partial charge on any atom is -0.344 e. The van der Waals surface area contributed by atoms with E-state index in [-0.39, 0.29) is 0 Å². The van der Waals surface area contributed by atoms with Crippen LogP contribution in [0.3, 0.4) is 0 Å². The van der Waals surface area contributed by atoms with Gasteiger partial charge in [-0.3, -0.25) is 4.68 Å². The Balaban J connectivity index is 1.24. The molecule has 0 N–H and O–H groups in total. The van der Waals surface area contributed by atoms with Crippen molar-refractivity contribution in [1.82, 2.24) is 14.7 Å². The van der Waals surface area contributed by atoms with Gasteiger partial charge in [0.25, 0.3) is 0 Å². The van der Waals surface area contributed by atoms with Gasteiger partial charge in [-0.25, -0.2) is 0 Å². The monoisotopic (exact) mass is 396 g/mol. The first-order valence-electron chi connectivity index (χ1n) is 10.9. The van der Waals surface area contributed by atoms with Crippen molar-refractivity contribution in [2.24, 2.45) is 0 Å². The summed E-state index contributed by atoms with van der Waals surface area (Å²) in [7, 11) is 0. The van der Waals surface area contributed by atoms with Gasteiger partial charge < -0.3 is 9.80 Å². The molecular formula is C26H28N4. The van der Waals surface area contributed by atoms with E-state index >= 15 is 0 Å².